The number of carbonyl (C=O) groups excluding carboxylic acids is 3. The summed E-state index contributed by atoms with van der Waals surface area (Å²) in [4.78, 5) is 36.3. The Bertz CT molecular complexity index is 1300. The van der Waals surface area contributed by atoms with Crippen molar-refractivity contribution in [2.75, 3.05) is 11.9 Å². The molecule has 3 aromatic carbocycles. The summed E-state index contributed by atoms with van der Waals surface area (Å²) in [7, 11) is 0. The summed E-state index contributed by atoms with van der Waals surface area (Å²) < 4.78 is 40.5. The third-order valence-corrected chi connectivity index (χ3v) is 5.58. The molecule has 212 valence electrons. The molecule has 0 aliphatic heterocycles. The van der Waals surface area contributed by atoms with Crippen LogP contribution in [0.3, 0.4) is 0 Å². The van der Waals surface area contributed by atoms with Gasteiger partial charge < -0.3 is 25.8 Å². The summed E-state index contributed by atoms with van der Waals surface area (Å²) in [6.07, 6.45) is -5.99. The van der Waals surface area contributed by atoms with Crippen molar-refractivity contribution in [2.24, 2.45) is 0 Å². The number of halogens is 3. The first-order valence-corrected chi connectivity index (χ1v) is 11.9. The molecule has 13 heteroatoms. The average molecular weight is 561 g/mol. The zero-order valence-electron chi connectivity index (χ0n) is 21.2. The van der Waals surface area contributed by atoms with Crippen LogP contribution in [0.1, 0.15) is 22.8 Å². The Hall–Kier alpha value is -4.46. The smallest absolute Gasteiger partial charge is 0.406 e. The molecule has 2 atom stereocenters. The molecule has 0 aliphatic carbocycles. The Kier molecular flexibility index (Phi) is 10.2. The van der Waals surface area contributed by atoms with Crippen LogP contribution >= 0.6 is 0 Å². The zero-order valence-corrected chi connectivity index (χ0v) is 21.2. The molecule has 0 bridgehead atoms. The Morgan fingerprint density at radius 2 is 1.48 bits per heavy atom. The van der Waals surface area contributed by atoms with E-state index in [1.807, 2.05) is 0 Å². The minimum absolute atomic E-state index is 0.0258. The monoisotopic (exact) mass is 560 g/mol. The number of alkyl halides is 3. The number of rotatable bonds is 11. The SMILES string of the molecule is C[C@@H](O)[C@H](NC(=O)c1ccc(-c2ccc(NC(=O)CNCc3ccc(OC(F)(F)F)cc3)cc2)cc1)C(=O)NO. The largest absolute Gasteiger partial charge is 0.573 e. The Morgan fingerprint density at radius 3 is 2.00 bits per heavy atom. The predicted molar refractivity (Wildman–Crippen MR) is 138 cm³/mol. The highest BCUT2D eigenvalue weighted by Gasteiger charge is 2.31. The molecule has 0 spiro atoms. The molecule has 3 amide bonds. The van der Waals surface area contributed by atoms with Crippen LogP contribution in [0.25, 0.3) is 11.1 Å². The van der Waals surface area contributed by atoms with E-state index < -0.39 is 30.3 Å². The van der Waals surface area contributed by atoms with E-state index in [4.69, 9.17) is 5.21 Å². The summed E-state index contributed by atoms with van der Waals surface area (Å²) >= 11 is 0. The highest BCUT2D eigenvalue weighted by atomic mass is 19.4. The number of carbonyl (C=O) groups is 3. The van der Waals surface area contributed by atoms with Crippen molar-refractivity contribution >= 4 is 23.4 Å². The molecular formula is C27H27F3N4O6. The second-order valence-electron chi connectivity index (χ2n) is 8.67. The van der Waals surface area contributed by atoms with Crippen LogP contribution in [0.5, 0.6) is 5.75 Å². The van der Waals surface area contributed by atoms with Crippen molar-refractivity contribution < 1.29 is 42.6 Å². The van der Waals surface area contributed by atoms with Gasteiger partial charge in [0.15, 0.2) is 0 Å². The Labute approximate surface area is 227 Å². The molecule has 40 heavy (non-hydrogen) atoms. The minimum atomic E-state index is -4.76. The van der Waals surface area contributed by atoms with Crippen LogP contribution in [0.2, 0.25) is 0 Å². The lowest BCUT2D eigenvalue weighted by atomic mass is 10.0. The van der Waals surface area contributed by atoms with E-state index in [0.29, 0.717) is 11.3 Å². The van der Waals surface area contributed by atoms with Gasteiger partial charge in [0.1, 0.15) is 11.8 Å². The maximum atomic E-state index is 12.4. The van der Waals surface area contributed by atoms with Gasteiger partial charge in [0.05, 0.1) is 12.6 Å². The van der Waals surface area contributed by atoms with Crippen molar-refractivity contribution in [3.8, 4) is 16.9 Å². The third-order valence-electron chi connectivity index (χ3n) is 5.58. The third kappa shape index (κ3) is 9.08. The maximum Gasteiger partial charge on any atom is 0.573 e. The van der Waals surface area contributed by atoms with Gasteiger partial charge in [-0.05, 0) is 60.0 Å². The number of amides is 3. The summed E-state index contributed by atoms with van der Waals surface area (Å²) in [5, 5.41) is 26.4. The number of aliphatic hydroxyl groups is 1. The number of nitrogens with one attached hydrogen (secondary N) is 4. The van der Waals surface area contributed by atoms with E-state index in [0.717, 1.165) is 11.1 Å². The first-order chi connectivity index (χ1) is 18.9. The second kappa shape index (κ2) is 13.6. The maximum absolute atomic E-state index is 12.4. The fourth-order valence-electron chi connectivity index (χ4n) is 3.59. The first-order valence-electron chi connectivity index (χ1n) is 11.9. The first kappa shape index (κ1) is 30.1. The quantitative estimate of drug-likeness (QED) is 0.156. The van der Waals surface area contributed by atoms with Gasteiger partial charge in [-0.3, -0.25) is 19.6 Å². The molecule has 0 unspecified atom stereocenters. The number of hydroxylamine groups is 1. The summed E-state index contributed by atoms with van der Waals surface area (Å²) in [6.45, 7) is 1.54. The molecule has 0 fully saturated rings. The predicted octanol–water partition coefficient (Wildman–Crippen LogP) is 2.97. The van der Waals surface area contributed by atoms with Gasteiger partial charge in [-0.1, -0.05) is 36.4 Å². The number of hydrogen-bond acceptors (Lipinski definition) is 7. The molecule has 0 aliphatic rings. The van der Waals surface area contributed by atoms with Gasteiger partial charge in [-0.2, -0.15) is 0 Å². The normalized spacial score (nSPS) is 12.7. The summed E-state index contributed by atoms with van der Waals surface area (Å²) in [6, 6.07) is 17.4. The van der Waals surface area contributed by atoms with Crippen molar-refractivity contribution in [1.82, 2.24) is 16.1 Å². The fraction of sp³-hybridized carbons (Fsp3) is 0.222. The zero-order chi connectivity index (χ0) is 29.3. The van der Waals surface area contributed by atoms with E-state index in [-0.39, 0.29) is 30.3 Å². The van der Waals surface area contributed by atoms with E-state index in [2.05, 4.69) is 20.7 Å². The van der Waals surface area contributed by atoms with Gasteiger partial charge in [-0.15, -0.1) is 13.2 Å². The highest BCUT2D eigenvalue weighted by Crippen LogP contribution is 2.23. The molecule has 0 saturated carbocycles. The number of benzene rings is 3. The molecule has 0 aromatic heterocycles. The standard InChI is InChI=1S/C27H27F3N4O6/c1-16(35)24(26(38)34-39)33-25(37)20-6-4-18(5-7-20)19-8-10-21(11-9-19)32-23(36)15-31-14-17-2-12-22(13-3-17)40-27(28,29)30/h2-13,16,24,31,35,39H,14-15H2,1H3,(H,32,36)(H,33,37)(H,34,38)/t16-,24+/m1/s1. The number of aliphatic hydroxyl groups excluding tert-OH is 1. The summed E-state index contributed by atoms with van der Waals surface area (Å²) in [5.74, 6) is -2.20. The minimum Gasteiger partial charge on any atom is -0.406 e. The lowest BCUT2D eigenvalue weighted by Crippen LogP contribution is -2.51. The van der Waals surface area contributed by atoms with Crippen molar-refractivity contribution in [3.05, 3.63) is 83.9 Å². The van der Waals surface area contributed by atoms with Crippen LogP contribution in [0.15, 0.2) is 72.8 Å². The van der Waals surface area contributed by atoms with Crippen molar-refractivity contribution in [1.29, 1.82) is 0 Å². The molecule has 3 rings (SSSR count). The van der Waals surface area contributed by atoms with Gasteiger partial charge >= 0.3 is 6.36 Å². The van der Waals surface area contributed by atoms with E-state index in [1.54, 1.807) is 48.5 Å². The van der Waals surface area contributed by atoms with Crippen LogP contribution < -0.4 is 26.2 Å². The number of anilines is 1. The van der Waals surface area contributed by atoms with Gasteiger partial charge in [0.25, 0.3) is 11.8 Å². The van der Waals surface area contributed by atoms with Crippen LogP contribution in [0.4, 0.5) is 18.9 Å². The average Bonchev–Trinajstić information content (AvgIpc) is 2.91. The van der Waals surface area contributed by atoms with Crippen LogP contribution in [-0.4, -0.2) is 53.1 Å². The summed E-state index contributed by atoms with van der Waals surface area (Å²) in [5.41, 5.74) is 4.45. The highest BCUT2D eigenvalue weighted by molar-refractivity contribution is 5.98. The lowest BCUT2D eigenvalue weighted by Gasteiger charge is -2.19. The Balaban J connectivity index is 1.48. The molecule has 10 nitrogen and oxygen atoms in total. The van der Waals surface area contributed by atoms with Crippen molar-refractivity contribution in [2.45, 2.75) is 32.0 Å². The van der Waals surface area contributed by atoms with E-state index in [1.165, 1.54) is 36.7 Å². The van der Waals surface area contributed by atoms with Gasteiger partial charge in [-0.25, -0.2) is 5.48 Å². The second-order valence-corrected chi connectivity index (χ2v) is 8.67. The van der Waals surface area contributed by atoms with Crippen molar-refractivity contribution in [3.63, 3.8) is 0 Å². The lowest BCUT2D eigenvalue weighted by molar-refractivity contribution is -0.274. The molecule has 0 saturated heterocycles. The molecule has 0 radical (unpaired) electrons. The molecule has 6 N–H and O–H groups in total. The van der Waals surface area contributed by atoms with Gasteiger partial charge in [0, 0.05) is 17.8 Å². The Morgan fingerprint density at radius 1 is 0.900 bits per heavy atom. The molecule has 0 heterocycles. The van der Waals surface area contributed by atoms with E-state index in [9.17, 15) is 32.7 Å². The fourth-order valence-corrected chi connectivity index (χ4v) is 3.59. The number of ether oxygens (including phenoxy) is 1. The van der Waals surface area contributed by atoms with Crippen LogP contribution in [0, 0.1) is 0 Å². The number of hydrogen-bond donors (Lipinski definition) is 6. The molecule has 3 aromatic rings. The van der Waals surface area contributed by atoms with Gasteiger partial charge in [0.2, 0.25) is 5.91 Å². The topological polar surface area (TPSA) is 149 Å². The van der Waals surface area contributed by atoms with E-state index >= 15 is 0 Å². The van der Waals surface area contributed by atoms with Crippen LogP contribution in [-0.2, 0) is 16.1 Å². The molecular weight excluding hydrogens is 533 g/mol.